The van der Waals surface area contributed by atoms with Crippen LogP contribution in [0.5, 0.6) is 0 Å². The summed E-state index contributed by atoms with van der Waals surface area (Å²) in [6, 6.07) is 4.75. The number of rotatable bonds is 5. The highest BCUT2D eigenvalue weighted by Crippen LogP contribution is 2.22. The number of hydrogen-bond donors (Lipinski definition) is 1. The van der Waals surface area contributed by atoms with Gasteiger partial charge in [-0.2, -0.15) is 5.10 Å². The molecule has 3 nitrogen and oxygen atoms in total. The predicted octanol–water partition coefficient (Wildman–Crippen LogP) is 3.43. The Balaban J connectivity index is 2.33. The molecule has 0 saturated heterocycles. The minimum atomic E-state index is -0.423. The Hall–Kier alpha value is -1.39. The lowest BCUT2D eigenvalue weighted by atomic mass is 10.1. The molecule has 0 aliphatic carbocycles. The van der Waals surface area contributed by atoms with Crippen molar-refractivity contribution >= 4 is 11.6 Å². The van der Waals surface area contributed by atoms with Crippen LogP contribution in [0, 0.1) is 19.7 Å². The van der Waals surface area contributed by atoms with E-state index in [2.05, 4.69) is 10.4 Å². The molecule has 1 aromatic heterocycles. The van der Waals surface area contributed by atoms with E-state index in [1.54, 1.807) is 16.8 Å². The molecule has 1 aromatic carbocycles. The number of aromatic nitrogens is 2. The van der Waals surface area contributed by atoms with Crippen LogP contribution in [0.4, 0.5) is 4.39 Å². The van der Waals surface area contributed by atoms with Crippen LogP contribution in [-0.4, -0.2) is 23.4 Å². The Morgan fingerprint density at radius 3 is 2.75 bits per heavy atom. The van der Waals surface area contributed by atoms with Crippen LogP contribution in [0.15, 0.2) is 18.2 Å². The Morgan fingerprint density at radius 1 is 1.35 bits per heavy atom. The maximum Gasteiger partial charge on any atom is 0.143 e. The van der Waals surface area contributed by atoms with Crippen molar-refractivity contribution in [2.45, 2.75) is 26.7 Å². The third-order valence-corrected chi connectivity index (χ3v) is 3.75. The van der Waals surface area contributed by atoms with Crippen LogP contribution in [0.25, 0.3) is 5.69 Å². The van der Waals surface area contributed by atoms with Gasteiger partial charge in [-0.25, -0.2) is 9.07 Å². The average Bonchev–Trinajstić information content (AvgIpc) is 2.70. The molecule has 0 unspecified atom stereocenters. The molecule has 0 spiro atoms. The van der Waals surface area contributed by atoms with Crippen molar-refractivity contribution < 1.29 is 4.39 Å². The molecule has 0 radical (unpaired) electrons. The SMILES string of the molecule is CNCCCc1c(C)nn(-c2ccc(Cl)c(F)c2)c1C. The second-order valence-corrected chi connectivity index (χ2v) is 5.27. The van der Waals surface area contributed by atoms with E-state index in [0.29, 0.717) is 5.69 Å². The highest BCUT2D eigenvalue weighted by atomic mass is 35.5. The standard InChI is InChI=1S/C15H19ClFN3/c1-10-13(5-4-8-18-3)11(2)20(19-10)12-6-7-14(16)15(17)9-12/h6-7,9,18H,4-5,8H2,1-3H3. The molecule has 0 amide bonds. The normalized spacial score (nSPS) is 11.1. The van der Waals surface area contributed by atoms with Gasteiger partial charge in [0.2, 0.25) is 0 Å². The fourth-order valence-electron chi connectivity index (χ4n) is 2.35. The Morgan fingerprint density at radius 2 is 2.10 bits per heavy atom. The van der Waals surface area contributed by atoms with Crippen molar-refractivity contribution in [2.24, 2.45) is 0 Å². The van der Waals surface area contributed by atoms with Crippen molar-refractivity contribution in [1.82, 2.24) is 15.1 Å². The Bertz CT molecular complexity index is 607. The number of nitrogens with zero attached hydrogens (tertiary/aromatic N) is 2. The van der Waals surface area contributed by atoms with Crippen molar-refractivity contribution in [3.8, 4) is 5.69 Å². The molecule has 1 N–H and O–H groups in total. The highest BCUT2D eigenvalue weighted by Gasteiger charge is 2.13. The van der Waals surface area contributed by atoms with E-state index >= 15 is 0 Å². The molecule has 5 heteroatoms. The van der Waals surface area contributed by atoms with Crippen LogP contribution in [0.3, 0.4) is 0 Å². The first-order chi connectivity index (χ1) is 9.54. The minimum absolute atomic E-state index is 0.129. The fraction of sp³-hybridized carbons (Fsp3) is 0.400. The van der Waals surface area contributed by atoms with E-state index in [1.165, 1.54) is 11.6 Å². The highest BCUT2D eigenvalue weighted by molar-refractivity contribution is 6.30. The van der Waals surface area contributed by atoms with Gasteiger partial charge in [-0.3, -0.25) is 0 Å². The molecule has 0 atom stereocenters. The quantitative estimate of drug-likeness (QED) is 0.857. The van der Waals surface area contributed by atoms with Gasteiger partial charge >= 0.3 is 0 Å². The van der Waals surface area contributed by atoms with Gasteiger partial charge in [0.25, 0.3) is 0 Å². The zero-order valence-corrected chi connectivity index (χ0v) is 12.8. The number of aryl methyl sites for hydroxylation is 1. The maximum atomic E-state index is 13.6. The van der Waals surface area contributed by atoms with Crippen LogP contribution in [-0.2, 0) is 6.42 Å². The van der Waals surface area contributed by atoms with Gasteiger partial charge in [0.15, 0.2) is 0 Å². The molecule has 0 fully saturated rings. The maximum absolute atomic E-state index is 13.6. The summed E-state index contributed by atoms with van der Waals surface area (Å²) in [5, 5.41) is 7.78. The molecule has 20 heavy (non-hydrogen) atoms. The monoisotopic (exact) mass is 295 g/mol. The number of hydrogen-bond acceptors (Lipinski definition) is 2. The molecule has 2 aromatic rings. The first-order valence-corrected chi connectivity index (χ1v) is 7.07. The van der Waals surface area contributed by atoms with Gasteiger partial charge in [0, 0.05) is 11.8 Å². The summed E-state index contributed by atoms with van der Waals surface area (Å²) in [6.45, 7) is 4.98. The van der Waals surface area contributed by atoms with E-state index in [4.69, 9.17) is 11.6 Å². The molecular weight excluding hydrogens is 277 g/mol. The van der Waals surface area contributed by atoms with Gasteiger partial charge < -0.3 is 5.32 Å². The first-order valence-electron chi connectivity index (χ1n) is 6.69. The first kappa shape index (κ1) is 15.0. The fourth-order valence-corrected chi connectivity index (χ4v) is 2.46. The van der Waals surface area contributed by atoms with E-state index in [9.17, 15) is 4.39 Å². The molecule has 0 bridgehead atoms. The summed E-state index contributed by atoms with van der Waals surface area (Å²) in [5.41, 5.74) is 3.98. The average molecular weight is 296 g/mol. The van der Waals surface area contributed by atoms with E-state index in [0.717, 1.165) is 30.8 Å². The van der Waals surface area contributed by atoms with Crippen molar-refractivity contribution in [3.63, 3.8) is 0 Å². The molecule has 0 saturated carbocycles. The van der Waals surface area contributed by atoms with Crippen LogP contribution < -0.4 is 5.32 Å². The second kappa shape index (κ2) is 6.37. The summed E-state index contributed by atoms with van der Waals surface area (Å²) >= 11 is 5.72. The van der Waals surface area contributed by atoms with Gasteiger partial charge in [0.05, 0.1) is 16.4 Å². The zero-order valence-electron chi connectivity index (χ0n) is 12.0. The summed E-state index contributed by atoms with van der Waals surface area (Å²) in [7, 11) is 1.94. The largest absolute Gasteiger partial charge is 0.320 e. The lowest BCUT2D eigenvalue weighted by molar-refractivity contribution is 0.625. The third kappa shape index (κ3) is 3.02. The van der Waals surface area contributed by atoms with E-state index in [-0.39, 0.29) is 5.02 Å². The zero-order chi connectivity index (χ0) is 14.7. The molecule has 0 aliphatic heterocycles. The molecule has 108 valence electrons. The van der Waals surface area contributed by atoms with Crippen LogP contribution >= 0.6 is 11.6 Å². The minimum Gasteiger partial charge on any atom is -0.320 e. The lowest BCUT2D eigenvalue weighted by Crippen LogP contribution is -2.09. The van der Waals surface area contributed by atoms with Gasteiger partial charge in [-0.15, -0.1) is 0 Å². The number of halogens is 2. The summed E-state index contributed by atoms with van der Waals surface area (Å²) < 4.78 is 15.4. The van der Waals surface area contributed by atoms with Crippen molar-refractivity contribution in [3.05, 3.63) is 46.0 Å². The molecule has 1 heterocycles. The van der Waals surface area contributed by atoms with Crippen molar-refractivity contribution in [2.75, 3.05) is 13.6 Å². The Kier molecular flexibility index (Phi) is 4.78. The molecule has 2 rings (SSSR count). The predicted molar refractivity (Wildman–Crippen MR) is 80.3 cm³/mol. The second-order valence-electron chi connectivity index (χ2n) is 4.87. The number of benzene rings is 1. The van der Waals surface area contributed by atoms with E-state index < -0.39 is 5.82 Å². The Labute approximate surface area is 123 Å². The van der Waals surface area contributed by atoms with Gasteiger partial charge in [-0.1, -0.05) is 11.6 Å². The van der Waals surface area contributed by atoms with Crippen molar-refractivity contribution in [1.29, 1.82) is 0 Å². The smallest absolute Gasteiger partial charge is 0.143 e. The summed E-state index contributed by atoms with van der Waals surface area (Å²) in [5.74, 6) is -0.423. The topological polar surface area (TPSA) is 29.9 Å². The summed E-state index contributed by atoms with van der Waals surface area (Å²) in [4.78, 5) is 0. The van der Waals surface area contributed by atoms with Gasteiger partial charge in [-0.05, 0) is 58.0 Å². The summed E-state index contributed by atoms with van der Waals surface area (Å²) in [6.07, 6.45) is 2.02. The third-order valence-electron chi connectivity index (χ3n) is 3.44. The number of nitrogens with one attached hydrogen (secondary N) is 1. The molecule has 0 aliphatic rings. The van der Waals surface area contributed by atoms with Crippen LogP contribution in [0.2, 0.25) is 5.02 Å². The lowest BCUT2D eigenvalue weighted by Gasteiger charge is -2.06. The van der Waals surface area contributed by atoms with Gasteiger partial charge in [0.1, 0.15) is 5.82 Å². The van der Waals surface area contributed by atoms with E-state index in [1.807, 2.05) is 20.9 Å². The molecular formula is C15H19ClFN3. The van der Waals surface area contributed by atoms with Crippen LogP contribution in [0.1, 0.15) is 23.4 Å².